The van der Waals surface area contributed by atoms with Crippen molar-refractivity contribution in [1.29, 1.82) is 0 Å². The summed E-state index contributed by atoms with van der Waals surface area (Å²) in [5.41, 5.74) is 6.39. The molecule has 1 aromatic carbocycles. The number of rotatable bonds is 4. The number of nitrogens with two attached hydrogens (primary N) is 1. The van der Waals surface area contributed by atoms with Gasteiger partial charge in [0.2, 0.25) is 5.91 Å². The van der Waals surface area contributed by atoms with Gasteiger partial charge in [0, 0.05) is 5.69 Å². The lowest BCUT2D eigenvalue weighted by Crippen LogP contribution is -2.35. The molecule has 1 aromatic rings. The number of carbonyl (C=O) groups is 1. The Morgan fingerprint density at radius 3 is 2.53 bits per heavy atom. The number of anilines is 1. The van der Waals surface area contributed by atoms with E-state index in [1.165, 1.54) is 0 Å². The van der Waals surface area contributed by atoms with Gasteiger partial charge >= 0.3 is 0 Å². The van der Waals surface area contributed by atoms with E-state index < -0.39 is 6.04 Å². The first-order valence-corrected chi connectivity index (χ1v) is 5.09. The summed E-state index contributed by atoms with van der Waals surface area (Å²) >= 11 is 4.02. The first-order valence-electron chi connectivity index (χ1n) is 4.46. The van der Waals surface area contributed by atoms with E-state index in [1.807, 2.05) is 30.3 Å². The second kappa shape index (κ2) is 7.56. The van der Waals surface area contributed by atoms with Gasteiger partial charge in [0.25, 0.3) is 0 Å². The van der Waals surface area contributed by atoms with E-state index >= 15 is 0 Å². The van der Waals surface area contributed by atoms with Crippen molar-refractivity contribution in [3.8, 4) is 0 Å². The number of thiol groups is 1. The quantitative estimate of drug-likeness (QED) is 0.709. The molecule has 1 amide bonds. The highest BCUT2D eigenvalue weighted by Gasteiger charge is 2.11. The van der Waals surface area contributed by atoms with Crippen molar-refractivity contribution in [3.63, 3.8) is 0 Å². The number of halogens is 1. The molecule has 15 heavy (non-hydrogen) atoms. The third-order valence-electron chi connectivity index (χ3n) is 1.82. The van der Waals surface area contributed by atoms with Crippen LogP contribution in [0.15, 0.2) is 30.3 Å². The van der Waals surface area contributed by atoms with E-state index in [2.05, 4.69) is 17.9 Å². The van der Waals surface area contributed by atoms with E-state index in [1.54, 1.807) is 0 Å². The topological polar surface area (TPSA) is 55.1 Å². The predicted octanol–water partition coefficient (Wildman–Crippen LogP) is 1.69. The number of nitrogens with one attached hydrogen (secondary N) is 1. The van der Waals surface area contributed by atoms with Gasteiger partial charge in [-0.1, -0.05) is 18.2 Å². The number of amides is 1. The van der Waals surface area contributed by atoms with Crippen LogP contribution < -0.4 is 11.1 Å². The van der Waals surface area contributed by atoms with Crippen LogP contribution in [-0.2, 0) is 4.79 Å². The fourth-order valence-electron chi connectivity index (χ4n) is 1.03. The molecule has 0 bridgehead atoms. The van der Waals surface area contributed by atoms with Gasteiger partial charge < -0.3 is 11.1 Å². The zero-order valence-electron chi connectivity index (χ0n) is 8.22. The smallest absolute Gasteiger partial charge is 0.241 e. The van der Waals surface area contributed by atoms with E-state index in [0.29, 0.717) is 12.2 Å². The van der Waals surface area contributed by atoms with Crippen LogP contribution in [-0.4, -0.2) is 17.7 Å². The third kappa shape index (κ3) is 5.06. The molecule has 0 heterocycles. The van der Waals surface area contributed by atoms with Gasteiger partial charge in [-0.3, -0.25) is 4.79 Å². The molecule has 1 rings (SSSR count). The maximum atomic E-state index is 11.4. The number of para-hydroxylation sites is 1. The Morgan fingerprint density at radius 2 is 2.00 bits per heavy atom. The van der Waals surface area contributed by atoms with Crippen LogP contribution in [0, 0.1) is 0 Å². The van der Waals surface area contributed by atoms with Gasteiger partial charge in [-0.05, 0) is 24.3 Å². The summed E-state index contributed by atoms with van der Waals surface area (Å²) in [4.78, 5) is 11.4. The van der Waals surface area contributed by atoms with Gasteiger partial charge in [0.1, 0.15) is 0 Å². The maximum absolute atomic E-state index is 11.4. The molecule has 0 spiro atoms. The molecule has 0 saturated heterocycles. The van der Waals surface area contributed by atoms with Gasteiger partial charge in [0.05, 0.1) is 6.04 Å². The zero-order chi connectivity index (χ0) is 10.4. The normalized spacial score (nSPS) is 11.3. The Hall–Kier alpha value is -0.710. The monoisotopic (exact) mass is 246 g/mol. The third-order valence-corrected chi connectivity index (χ3v) is 2.08. The van der Waals surface area contributed by atoms with Crippen molar-refractivity contribution in [2.24, 2.45) is 5.73 Å². The van der Waals surface area contributed by atoms with E-state index in [4.69, 9.17) is 5.73 Å². The second-order valence-corrected chi connectivity index (χ2v) is 3.42. The SMILES string of the molecule is Cl.NC(CCS)C(=O)Nc1ccccc1. The molecule has 5 heteroatoms. The first kappa shape index (κ1) is 14.3. The van der Waals surface area contributed by atoms with Crippen molar-refractivity contribution in [1.82, 2.24) is 0 Å². The van der Waals surface area contributed by atoms with Crippen LogP contribution in [0.5, 0.6) is 0 Å². The summed E-state index contributed by atoms with van der Waals surface area (Å²) in [6, 6.07) is 8.78. The Labute approximate surface area is 101 Å². The molecule has 0 saturated carbocycles. The molecule has 0 aliphatic rings. The fourth-order valence-corrected chi connectivity index (χ4v) is 1.30. The molecule has 0 aliphatic heterocycles. The summed E-state index contributed by atoms with van der Waals surface area (Å²) < 4.78 is 0. The average molecular weight is 247 g/mol. The van der Waals surface area contributed by atoms with Crippen LogP contribution >= 0.6 is 25.0 Å². The second-order valence-electron chi connectivity index (χ2n) is 2.97. The summed E-state index contributed by atoms with van der Waals surface area (Å²) in [5.74, 6) is 0.453. The lowest BCUT2D eigenvalue weighted by atomic mass is 10.2. The predicted molar refractivity (Wildman–Crippen MR) is 68.8 cm³/mol. The zero-order valence-corrected chi connectivity index (χ0v) is 9.93. The van der Waals surface area contributed by atoms with E-state index in [-0.39, 0.29) is 18.3 Å². The van der Waals surface area contributed by atoms with Crippen molar-refractivity contribution in [2.45, 2.75) is 12.5 Å². The number of hydrogen-bond donors (Lipinski definition) is 3. The van der Waals surface area contributed by atoms with Crippen LogP contribution in [0.2, 0.25) is 0 Å². The Balaban J connectivity index is 0.00000196. The highest BCUT2D eigenvalue weighted by atomic mass is 35.5. The lowest BCUT2D eigenvalue weighted by Gasteiger charge is -2.10. The molecular formula is C10H15ClN2OS. The number of hydrogen-bond acceptors (Lipinski definition) is 3. The standard InChI is InChI=1S/C10H14N2OS.ClH/c11-9(6-7-14)10(13)12-8-4-2-1-3-5-8;/h1-5,9,14H,6-7,11H2,(H,12,13);1H. The average Bonchev–Trinajstić information content (AvgIpc) is 2.19. The largest absolute Gasteiger partial charge is 0.325 e. The molecule has 3 N–H and O–H groups in total. The number of benzene rings is 1. The Bertz CT molecular complexity index is 295. The lowest BCUT2D eigenvalue weighted by molar-refractivity contribution is -0.117. The summed E-state index contributed by atoms with van der Waals surface area (Å²) in [6.07, 6.45) is 0.585. The molecular weight excluding hydrogens is 232 g/mol. The van der Waals surface area contributed by atoms with Crippen molar-refractivity contribution < 1.29 is 4.79 Å². The van der Waals surface area contributed by atoms with Crippen LogP contribution in [0.1, 0.15) is 6.42 Å². The van der Waals surface area contributed by atoms with Crippen LogP contribution in [0.3, 0.4) is 0 Å². The Morgan fingerprint density at radius 1 is 1.40 bits per heavy atom. The van der Waals surface area contributed by atoms with Crippen molar-refractivity contribution in [2.75, 3.05) is 11.1 Å². The van der Waals surface area contributed by atoms with Gasteiger partial charge in [-0.2, -0.15) is 12.6 Å². The molecule has 0 radical (unpaired) electrons. The number of carbonyl (C=O) groups excluding carboxylic acids is 1. The molecule has 0 aromatic heterocycles. The fraction of sp³-hybridized carbons (Fsp3) is 0.300. The summed E-state index contributed by atoms with van der Waals surface area (Å²) in [6.45, 7) is 0. The van der Waals surface area contributed by atoms with Gasteiger partial charge in [0.15, 0.2) is 0 Å². The highest BCUT2D eigenvalue weighted by Crippen LogP contribution is 2.05. The minimum Gasteiger partial charge on any atom is -0.325 e. The van der Waals surface area contributed by atoms with E-state index in [9.17, 15) is 4.79 Å². The van der Waals surface area contributed by atoms with Gasteiger partial charge in [-0.25, -0.2) is 0 Å². The van der Waals surface area contributed by atoms with Crippen LogP contribution in [0.4, 0.5) is 5.69 Å². The van der Waals surface area contributed by atoms with Crippen molar-refractivity contribution in [3.05, 3.63) is 30.3 Å². The Kier molecular flexibility index (Phi) is 7.21. The molecule has 0 aliphatic carbocycles. The molecule has 1 atom stereocenters. The molecule has 0 fully saturated rings. The van der Waals surface area contributed by atoms with Crippen molar-refractivity contribution >= 4 is 36.6 Å². The maximum Gasteiger partial charge on any atom is 0.241 e. The van der Waals surface area contributed by atoms with E-state index in [0.717, 1.165) is 5.69 Å². The molecule has 84 valence electrons. The molecule has 1 unspecified atom stereocenters. The first-order chi connectivity index (χ1) is 6.74. The summed E-state index contributed by atoms with van der Waals surface area (Å²) in [7, 11) is 0. The molecule has 3 nitrogen and oxygen atoms in total. The highest BCUT2D eigenvalue weighted by molar-refractivity contribution is 7.80. The van der Waals surface area contributed by atoms with Gasteiger partial charge in [-0.15, -0.1) is 12.4 Å². The minimum atomic E-state index is -0.479. The minimum absolute atomic E-state index is 0. The van der Waals surface area contributed by atoms with Crippen LogP contribution in [0.25, 0.3) is 0 Å². The summed E-state index contributed by atoms with van der Waals surface area (Å²) in [5, 5.41) is 2.73.